The molecule has 154 valence electrons. The van der Waals surface area contributed by atoms with Crippen LogP contribution in [0.4, 0.5) is 11.4 Å². The van der Waals surface area contributed by atoms with E-state index < -0.39 is 0 Å². The highest BCUT2D eigenvalue weighted by molar-refractivity contribution is 6.04. The maximum absolute atomic E-state index is 12.9. The van der Waals surface area contributed by atoms with Gasteiger partial charge < -0.3 is 15.0 Å². The summed E-state index contributed by atoms with van der Waals surface area (Å²) >= 11 is 0. The Bertz CT molecular complexity index is 839. The number of benzene rings is 2. The van der Waals surface area contributed by atoms with Crippen molar-refractivity contribution in [1.82, 2.24) is 0 Å². The molecular weight excluding hydrogens is 364 g/mol. The Morgan fingerprint density at radius 1 is 1.07 bits per heavy atom. The highest BCUT2D eigenvalue weighted by Gasteiger charge is 2.35. The van der Waals surface area contributed by atoms with Crippen molar-refractivity contribution in [1.29, 1.82) is 0 Å². The fraction of sp³-hybridized carbons (Fsp3) is 0.417. The van der Waals surface area contributed by atoms with Gasteiger partial charge in [-0.2, -0.15) is 0 Å². The SMILES string of the molecule is CCCOc1ccc(N2CC(C(=O)Nc3c(CC)cccc3CC)CC2=O)cc1. The zero-order valence-electron chi connectivity index (χ0n) is 17.5. The Morgan fingerprint density at radius 3 is 2.31 bits per heavy atom. The molecule has 2 aromatic carbocycles. The van der Waals surface area contributed by atoms with E-state index >= 15 is 0 Å². The fourth-order valence-electron chi connectivity index (χ4n) is 3.70. The molecule has 5 nitrogen and oxygen atoms in total. The van der Waals surface area contributed by atoms with Gasteiger partial charge >= 0.3 is 0 Å². The summed E-state index contributed by atoms with van der Waals surface area (Å²) in [5, 5.41) is 3.11. The molecule has 5 heteroatoms. The largest absolute Gasteiger partial charge is 0.494 e. The van der Waals surface area contributed by atoms with Crippen LogP contribution in [0.15, 0.2) is 42.5 Å². The Balaban J connectivity index is 1.69. The third-order valence-corrected chi connectivity index (χ3v) is 5.36. The van der Waals surface area contributed by atoms with Gasteiger partial charge in [-0.25, -0.2) is 0 Å². The van der Waals surface area contributed by atoms with Crippen molar-refractivity contribution in [3.05, 3.63) is 53.6 Å². The van der Waals surface area contributed by atoms with E-state index in [2.05, 4.69) is 26.1 Å². The van der Waals surface area contributed by atoms with Gasteiger partial charge in [-0.3, -0.25) is 9.59 Å². The Morgan fingerprint density at radius 2 is 1.72 bits per heavy atom. The molecule has 3 rings (SSSR count). The van der Waals surface area contributed by atoms with E-state index in [0.29, 0.717) is 13.2 Å². The van der Waals surface area contributed by atoms with E-state index in [0.717, 1.165) is 47.5 Å². The van der Waals surface area contributed by atoms with Crippen molar-refractivity contribution in [2.45, 2.75) is 46.5 Å². The van der Waals surface area contributed by atoms with Crippen LogP contribution >= 0.6 is 0 Å². The van der Waals surface area contributed by atoms with Crippen LogP contribution in [0.5, 0.6) is 5.75 Å². The molecule has 0 spiro atoms. The predicted molar refractivity (Wildman–Crippen MR) is 117 cm³/mol. The Labute approximate surface area is 173 Å². The van der Waals surface area contributed by atoms with E-state index in [-0.39, 0.29) is 24.2 Å². The molecule has 0 radical (unpaired) electrons. The molecule has 1 unspecified atom stereocenters. The van der Waals surface area contributed by atoms with Gasteiger partial charge in [0.2, 0.25) is 11.8 Å². The standard InChI is InChI=1S/C24H30N2O3/c1-4-14-29-21-12-10-20(11-13-21)26-16-19(15-22(26)27)24(28)25-23-17(5-2)8-7-9-18(23)6-3/h7-13,19H,4-6,14-16H2,1-3H3,(H,25,28). The van der Waals surface area contributed by atoms with E-state index in [9.17, 15) is 9.59 Å². The minimum Gasteiger partial charge on any atom is -0.494 e. The van der Waals surface area contributed by atoms with Crippen LogP contribution in [0.1, 0.15) is 44.7 Å². The average molecular weight is 395 g/mol. The van der Waals surface area contributed by atoms with Crippen molar-refractivity contribution in [2.24, 2.45) is 5.92 Å². The number of rotatable bonds is 8. The van der Waals surface area contributed by atoms with Crippen LogP contribution in [0, 0.1) is 5.92 Å². The summed E-state index contributed by atoms with van der Waals surface area (Å²) in [6.45, 7) is 7.29. The summed E-state index contributed by atoms with van der Waals surface area (Å²) in [5.41, 5.74) is 3.96. The number of amides is 2. The van der Waals surface area contributed by atoms with Crippen molar-refractivity contribution in [3.63, 3.8) is 0 Å². The van der Waals surface area contributed by atoms with Gasteiger partial charge in [-0.05, 0) is 54.7 Å². The van der Waals surface area contributed by atoms with Crippen LogP contribution in [-0.4, -0.2) is 25.0 Å². The highest BCUT2D eigenvalue weighted by atomic mass is 16.5. The zero-order chi connectivity index (χ0) is 20.8. The van der Waals surface area contributed by atoms with Gasteiger partial charge in [0.05, 0.1) is 12.5 Å². The molecule has 1 saturated heterocycles. The first-order valence-electron chi connectivity index (χ1n) is 10.5. The number of nitrogens with one attached hydrogen (secondary N) is 1. The topological polar surface area (TPSA) is 58.6 Å². The van der Waals surface area contributed by atoms with Gasteiger partial charge in [-0.1, -0.05) is 39.0 Å². The number of para-hydroxylation sites is 1. The first-order valence-corrected chi connectivity index (χ1v) is 10.5. The van der Waals surface area contributed by atoms with Crippen molar-refractivity contribution in [2.75, 3.05) is 23.4 Å². The maximum Gasteiger partial charge on any atom is 0.229 e. The molecule has 1 fully saturated rings. The molecule has 1 N–H and O–H groups in total. The number of carbonyl (C=O) groups excluding carboxylic acids is 2. The van der Waals surface area contributed by atoms with E-state index in [1.165, 1.54) is 0 Å². The van der Waals surface area contributed by atoms with E-state index in [1.807, 2.05) is 42.5 Å². The second-order valence-electron chi connectivity index (χ2n) is 7.40. The normalized spacial score (nSPS) is 16.2. The van der Waals surface area contributed by atoms with Gasteiger partial charge in [0.25, 0.3) is 0 Å². The van der Waals surface area contributed by atoms with Gasteiger partial charge in [0, 0.05) is 24.3 Å². The highest BCUT2D eigenvalue weighted by Crippen LogP contribution is 2.29. The van der Waals surface area contributed by atoms with Gasteiger partial charge in [0.15, 0.2) is 0 Å². The van der Waals surface area contributed by atoms with Crippen LogP contribution in [0.25, 0.3) is 0 Å². The molecule has 1 aliphatic rings. The second-order valence-corrected chi connectivity index (χ2v) is 7.40. The lowest BCUT2D eigenvalue weighted by Crippen LogP contribution is -2.28. The predicted octanol–water partition coefficient (Wildman–Crippen LogP) is 4.59. The number of nitrogens with zero attached hydrogens (tertiary/aromatic N) is 1. The summed E-state index contributed by atoms with van der Waals surface area (Å²) in [4.78, 5) is 27.2. The smallest absolute Gasteiger partial charge is 0.229 e. The third kappa shape index (κ3) is 4.78. The molecule has 1 aliphatic heterocycles. The average Bonchev–Trinajstić information content (AvgIpc) is 3.14. The molecule has 0 saturated carbocycles. The molecule has 2 aromatic rings. The first kappa shape index (κ1) is 20.9. The molecule has 29 heavy (non-hydrogen) atoms. The minimum absolute atomic E-state index is 0.0214. The second kappa shape index (κ2) is 9.59. The number of hydrogen-bond acceptors (Lipinski definition) is 3. The molecule has 0 aliphatic carbocycles. The Kier molecular flexibility index (Phi) is 6.91. The molecule has 1 heterocycles. The minimum atomic E-state index is -0.354. The van der Waals surface area contributed by atoms with Crippen LogP contribution in [0.2, 0.25) is 0 Å². The number of carbonyl (C=O) groups is 2. The summed E-state index contributed by atoms with van der Waals surface area (Å²) in [6.07, 6.45) is 2.89. The van der Waals surface area contributed by atoms with Crippen molar-refractivity contribution in [3.8, 4) is 5.75 Å². The fourth-order valence-corrected chi connectivity index (χ4v) is 3.70. The number of ether oxygens (including phenoxy) is 1. The van der Waals surface area contributed by atoms with Gasteiger partial charge in [-0.15, -0.1) is 0 Å². The number of aryl methyl sites for hydroxylation is 2. The van der Waals surface area contributed by atoms with Crippen molar-refractivity contribution < 1.29 is 14.3 Å². The Hall–Kier alpha value is -2.82. The number of anilines is 2. The lowest BCUT2D eigenvalue weighted by atomic mass is 10.0. The molecule has 0 bridgehead atoms. The molecular formula is C24H30N2O3. The van der Waals surface area contributed by atoms with Gasteiger partial charge in [0.1, 0.15) is 5.75 Å². The summed E-state index contributed by atoms with van der Waals surface area (Å²) in [7, 11) is 0. The van der Waals surface area contributed by atoms with E-state index in [1.54, 1.807) is 4.90 Å². The quantitative estimate of drug-likeness (QED) is 0.712. The first-order chi connectivity index (χ1) is 14.1. The van der Waals surface area contributed by atoms with Crippen LogP contribution < -0.4 is 15.0 Å². The van der Waals surface area contributed by atoms with Crippen molar-refractivity contribution >= 4 is 23.2 Å². The number of hydrogen-bond donors (Lipinski definition) is 1. The summed E-state index contributed by atoms with van der Waals surface area (Å²) < 4.78 is 5.60. The lowest BCUT2D eigenvalue weighted by Gasteiger charge is -2.18. The zero-order valence-corrected chi connectivity index (χ0v) is 17.5. The van der Waals surface area contributed by atoms with E-state index in [4.69, 9.17) is 4.74 Å². The molecule has 2 amide bonds. The lowest BCUT2D eigenvalue weighted by molar-refractivity contribution is -0.122. The van der Waals surface area contributed by atoms with Crippen LogP contribution in [0.3, 0.4) is 0 Å². The third-order valence-electron chi connectivity index (χ3n) is 5.36. The summed E-state index contributed by atoms with van der Waals surface area (Å²) in [6, 6.07) is 13.6. The monoisotopic (exact) mass is 394 g/mol. The summed E-state index contributed by atoms with van der Waals surface area (Å²) in [5.74, 6) is 0.333. The van der Waals surface area contributed by atoms with Crippen LogP contribution in [-0.2, 0) is 22.4 Å². The molecule has 1 atom stereocenters. The maximum atomic E-state index is 12.9. The molecule has 0 aromatic heterocycles.